The number of benzene rings is 1. The molecule has 0 aliphatic carbocycles. The molecule has 1 heterocycles. The lowest BCUT2D eigenvalue weighted by Crippen LogP contribution is -2.25. The van der Waals surface area contributed by atoms with Crippen LogP contribution in [0.4, 0.5) is 5.69 Å². The minimum absolute atomic E-state index is 0.0948. The molecule has 1 atom stereocenters. The highest BCUT2D eigenvalue weighted by Gasteiger charge is 2.33. The minimum atomic E-state index is -3.57. The summed E-state index contributed by atoms with van der Waals surface area (Å²) in [5, 5.41) is 0.588. The third kappa shape index (κ3) is 3.37. The van der Waals surface area contributed by atoms with Crippen molar-refractivity contribution in [1.29, 1.82) is 0 Å². The van der Waals surface area contributed by atoms with E-state index >= 15 is 0 Å². The number of hydrogen-bond acceptors (Lipinski definition) is 3. The average molecular weight is 308 g/mol. The van der Waals surface area contributed by atoms with Crippen LogP contribution in [0.25, 0.3) is 0 Å². The first-order chi connectivity index (χ1) is 8.35. The second-order valence-electron chi connectivity index (χ2n) is 4.26. The molecular weight excluding hydrogens is 297 g/mol. The van der Waals surface area contributed by atoms with Crippen molar-refractivity contribution >= 4 is 42.9 Å². The van der Waals surface area contributed by atoms with E-state index in [4.69, 9.17) is 22.3 Å². The summed E-state index contributed by atoms with van der Waals surface area (Å²) in [5.74, 6) is -0.525. The van der Waals surface area contributed by atoms with Gasteiger partial charge < -0.3 is 4.90 Å². The van der Waals surface area contributed by atoms with E-state index in [1.54, 1.807) is 29.2 Å². The van der Waals surface area contributed by atoms with Gasteiger partial charge in [-0.3, -0.25) is 4.79 Å². The Bertz CT molecular complexity index is 556. The quantitative estimate of drug-likeness (QED) is 0.805. The first-order valence-electron chi connectivity index (χ1n) is 5.33. The summed E-state index contributed by atoms with van der Waals surface area (Å²) in [5.41, 5.74) is 0.721. The first-order valence-corrected chi connectivity index (χ1v) is 8.19. The molecule has 1 aliphatic rings. The monoisotopic (exact) mass is 307 g/mol. The minimum Gasteiger partial charge on any atom is -0.312 e. The van der Waals surface area contributed by atoms with Gasteiger partial charge in [-0.1, -0.05) is 11.6 Å². The van der Waals surface area contributed by atoms with E-state index in [2.05, 4.69) is 0 Å². The van der Waals surface area contributed by atoms with Gasteiger partial charge in [0.2, 0.25) is 15.0 Å². The maximum Gasteiger partial charge on any atom is 0.232 e. The van der Waals surface area contributed by atoms with E-state index in [1.807, 2.05) is 0 Å². The molecule has 2 rings (SSSR count). The van der Waals surface area contributed by atoms with Crippen molar-refractivity contribution in [3.05, 3.63) is 29.3 Å². The Morgan fingerprint density at radius 1 is 1.28 bits per heavy atom. The fourth-order valence-corrected chi connectivity index (χ4v) is 3.49. The molecule has 98 valence electrons. The van der Waals surface area contributed by atoms with Crippen LogP contribution < -0.4 is 4.90 Å². The summed E-state index contributed by atoms with van der Waals surface area (Å²) >= 11 is 5.77. The van der Waals surface area contributed by atoms with Crippen LogP contribution in [-0.2, 0) is 13.8 Å². The Kier molecular flexibility index (Phi) is 3.84. The standard InChI is InChI=1S/C11H11Cl2NO3S/c12-9-1-3-10(4-2-9)14-6-8(5-11(14)15)7-18(13,16)17/h1-4,8H,5-7H2. The zero-order valence-electron chi connectivity index (χ0n) is 9.34. The van der Waals surface area contributed by atoms with E-state index in [0.29, 0.717) is 11.6 Å². The molecule has 0 N–H and O–H groups in total. The molecule has 1 unspecified atom stereocenters. The lowest BCUT2D eigenvalue weighted by molar-refractivity contribution is -0.117. The number of anilines is 1. The second-order valence-corrected chi connectivity index (χ2v) is 7.51. The van der Waals surface area contributed by atoms with Crippen LogP contribution in [0, 0.1) is 5.92 Å². The Morgan fingerprint density at radius 3 is 2.44 bits per heavy atom. The number of carbonyl (C=O) groups is 1. The number of halogens is 2. The smallest absolute Gasteiger partial charge is 0.232 e. The van der Waals surface area contributed by atoms with E-state index in [0.717, 1.165) is 5.69 Å². The van der Waals surface area contributed by atoms with Gasteiger partial charge in [-0.05, 0) is 24.3 Å². The van der Waals surface area contributed by atoms with Crippen molar-refractivity contribution in [3.63, 3.8) is 0 Å². The van der Waals surface area contributed by atoms with Crippen LogP contribution >= 0.6 is 22.3 Å². The van der Waals surface area contributed by atoms with Gasteiger partial charge in [-0.25, -0.2) is 8.42 Å². The normalized spacial score (nSPS) is 20.4. The Morgan fingerprint density at radius 2 is 1.89 bits per heavy atom. The maximum absolute atomic E-state index is 11.8. The number of carbonyl (C=O) groups excluding carboxylic acids is 1. The van der Waals surface area contributed by atoms with Crippen LogP contribution in [0.1, 0.15) is 6.42 Å². The van der Waals surface area contributed by atoms with E-state index < -0.39 is 9.05 Å². The van der Waals surface area contributed by atoms with Crippen molar-refractivity contribution in [2.45, 2.75) is 6.42 Å². The molecule has 1 saturated heterocycles. The van der Waals surface area contributed by atoms with Gasteiger partial charge in [-0.2, -0.15) is 0 Å². The van der Waals surface area contributed by atoms with Gasteiger partial charge in [-0.15, -0.1) is 0 Å². The topological polar surface area (TPSA) is 54.5 Å². The molecule has 1 aromatic carbocycles. The summed E-state index contributed by atoms with van der Waals surface area (Å²) in [7, 11) is 1.63. The van der Waals surface area contributed by atoms with Gasteiger partial charge in [0, 0.05) is 40.3 Å². The fraction of sp³-hybridized carbons (Fsp3) is 0.364. The molecule has 18 heavy (non-hydrogen) atoms. The average Bonchev–Trinajstić information content (AvgIpc) is 2.58. The first kappa shape index (κ1) is 13.6. The summed E-state index contributed by atoms with van der Waals surface area (Å²) in [6.45, 7) is 0.367. The summed E-state index contributed by atoms with van der Waals surface area (Å²) in [6, 6.07) is 6.85. The molecule has 0 radical (unpaired) electrons. The number of hydrogen-bond donors (Lipinski definition) is 0. The lowest BCUT2D eigenvalue weighted by Gasteiger charge is -2.16. The molecule has 4 nitrogen and oxygen atoms in total. The predicted molar refractivity (Wildman–Crippen MR) is 71.6 cm³/mol. The molecule has 0 spiro atoms. The molecule has 0 bridgehead atoms. The van der Waals surface area contributed by atoms with Gasteiger partial charge in [0.05, 0.1) is 5.75 Å². The zero-order valence-corrected chi connectivity index (χ0v) is 11.7. The molecular formula is C11H11Cl2NO3S. The van der Waals surface area contributed by atoms with Crippen LogP contribution in [0.3, 0.4) is 0 Å². The van der Waals surface area contributed by atoms with Gasteiger partial charge in [0.1, 0.15) is 0 Å². The van der Waals surface area contributed by atoms with E-state index in [9.17, 15) is 13.2 Å². The lowest BCUT2D eigenvalue weighted by atomic mass is 10.1. The molecule has 1 amide bonds. The third-order valence-corrected chi connectivity index (χ3v) is 4.28. The largest absolute Gasteiger partial charge is 0.312 e. The van der Waals surface area contributed by atoms with Gasteiger partial charge >= 0.3 is 0 Å². The molecule has 1 fully saturated rings. The van der Waals surface area contributed by atoms with Crippen molar-refractivity contribution in [1.82, 2.24) is 0 Å². The highest BCUT2D eigenvalue weighted by molar-refractivity contribution is 8.13. The van der Waals surface area contributed by atoms with Crippen molar-refractivity contribution in [2.75, 3.05) is 17.2 Å². The molecule has 0 aromatic heterocycles. The van der Waals surface area contributed by atoms with Crippen molar-refractivity contribution < 1.29 is 13.2 Å². The Balaban J connectivity index is 2.12. The number of nitrogens with zero attached hydrogens (tertiary/aromatic N) is 1. The third-order valence-electron chi connectivity index (χ3n) is 2.78. The highest BCUT2D eigenvalue weighted by Crippen LogP contribution is 2.27. The Hall–Kier alpha value is -0.780. The predicted octanol–water partition coefficient (Wildman–Crippen LogP) is 2.26. The van der Waals surface area contributed by atoms with Crippen molar-refractivity contribution in [2.24, 2.45) is 5.92 Å². The van der Waals surface area contributed by atoms with E-state index in [-0.39, 0.29) is 24.0 Å². The molecule has 1 aromatic rings. The summed E-state index contributed by atoms with van der Waals surface area (Å²) < 4.78 is 22.0. The number of amides is 1. The van der Waals surface area contributed by atoms with Gasteiger partial charge in [0.15, 0.2) is 0 Å². The zero-order chi connectivity index (χ0) is 13.3. The van der Waals surface area contributed by atoms with Crippen LogP contribution in [-0.4, -0.2) is 26.6 Å². The van der Waals surface area contributed by atoms with Crippen molar-refractivity contribution in [3.8, 4) is 0 Å². The van der Waals surface area contributed by atoms with Crippen LogP contribution in [0.5, 0.6) is 0 Å². The number of rotatable bonds is 3. The summed E-state index contributed by atoms with van der Waals surface area (Å²) in [6.07, 6.45) is 0.203. The van der Waals surface area contributed by atoms with Crippen LogP contribution in [0.2, 0.25) is 5.02 Å². The van der Waals surface area contributed by atoms with Crippen LogP contribution in [0.15, 0.2) is 24.3 Å². The Labute approximate surface area is 115 Å². The highest BCUT2D eigenvalue weighted by atomic mass is 35.7. The molecule has 0 saturated carbocycles. The second kappa shape index (κ2) is 5.07. The summed E-state index contributed by atoms with van der Waals surface area (Å²) in [4.78, 5) is 13.4. The maximum atomic E-state index is 11.8. The van der Waals surface area contributed by atoms with E-state index in [1.165, 1.54) is 0 Å². The molecule has 1 aliphatic heterocycles. The molecule has 7 heteroatoms. The SMILES string of the molecule is O=C1CC(CS(=O)(=O)Cl)CN1c1ccc(Cl)cc1. The fourth-order valence-electron chi connectivity index (χ4n) is 2.05. The van der Waals surface area contributed by atoms with Gasteiger partial charge in [0.25, 0.3) is 0 Å².